The molecule has 2 fully saturated rings. The summed E-state index contributed by atoms with van der Waals surface area (Å²) in [4.78, 5) is 0. The molecule has 2 aliphatic rings. The summed E-state index contributed by atoms with van der Waals surface area (Å²) in [6.07, 6.45) is 3.94. The van der Waals surface area contributed by atoms with Gasteiger partial charge in [-0.15, -0.1) is 0 Å². The number of nitrogens with one attached hydrogen (secondary N) is 1. The predicted octanol–water partition coefficient (Wildman–Crippen LogP) is 1.06. The molecule has 5 nitrogen and oxygen atoms in total. The largest absolute Gasteiger partial charge is 0.380 e. The van der Waals surface area contributed by atoms with Gasteiger partial charge in [0, 0.05) is 20.2 Å². The van der Waals surface area contributed by atoms with E-state index in [2.05, 4.69) is 12.2 Å². The van der Waals surface area contributed by atoms with Gasteiger partial charge in [0.15, 0.2) is 0 Å². The van der Waals surface area contributed by atoms with Crippen LogP contribution >= 0.6 is 0 Å². The topological polar surface area (TPSA) is 58.6 Å². The van der Waals surface area contributed by atoms with E-state index in [0.29, 0.717) is 30.7 Å². The van der Waals surface area contributed by atoms with Crippen molar-refractivity contribution >= 4 is 10.0 Å². The molecule has 0 aromatic heterocycles. The summed E-state index contributed by atoms with van der Waals surface area (Å²) in [6.45, 7) is 5.35. The fourth-order valence-corrected chi connectivity index (χ4v) is 4.83. The smallest absolute Gasteiger partial charge is 0.214 e. The zero-order valence-electron chi connectivity index (χ0n) is 12.7. The molecule has 2 unspecified atom stereocenters. The number of piperidine rings is 2. The third kappa shape index (κ3) is 4.16. The van der Waals surface area contributed by atoms with Crippen LogP contribution in [0.25, 0.3) is 0 Å². The number of hydrogen-bond donors (Lipinski definition) is 1. The van der Waals surface area contributed by atoms with E-state index in [1.807, 2.05) is 0 Å². The van der Waals surface area contributed by atoms with E-state index in [1.165, 1.54) is 0 Å². The Morgan fingerprint density at radius 1 is 1.25 bits per heavy atom. The van der Waals surface area contributed by atoms with Crippen LogP contribution in [0.5, 0.6) is 0 Å². The molecular formula is C14H28N2O3S. The van der Waals surface area contributed by atoms with E-state index in [1.54, 1.807) is 11.4 Å². The first-order valence-corrected chi connectivity index (χ1v) is 9.35. The van der Waals surface area contributed by atoms with Crippen molar-refractivity contribution in [2.24, 2.45) is 11.8 Å². The molecule has 0 bridgehead atoms. The number of sulfonamides is 1. The van der Waals surface area contributed by atoms with Gasteiger partial charge in [0.2, 0.25) is 10.0 Å². The number of rotatable bonds is 5. The lowest BCUT2D eigenvalue weighted by Crippen LogP contribution is -2.47. The molecule has 0 radical (unpaired) electrons. The summed E-state index contributed by atoms with van der Waals surface area (Å²) >= 11 is 0. The van der Waals surface area contributed by atoms with Crippen molar-refractivity contribution in [3.63, 3.8) is 0 Å². The quantitative estimate of drug-likeness (QED) is 0.825. The van der Waals surface area contributed by atoms with Crippen molar-refractivity contribution < 1.29 is 13.2 Å². The number of nitrogens with zero attached hydrogens (tertiary/aromatic N) is 1. The molecular weight excluding hydrogens is 276 g/mol. The molecule has 0 aromatic carbocycles. The summed E-state index contributed by atoms with van der Waals surface area (Å²) in [7, 11) is -1.44. The fourth-order valence-electron chi connectivity index (χ4n) is 3.18. The highest BCUT2D eigenvalue weighted by Crippen LogP contribution is 2.23. The van der Waals surface area contributed by atoms with Gasteiger partial charge in [-0.3, -0.25) is 0 Å². The van der Waals surface area contributed by atoms with E-state index >= 15 is 0 Å². The molecule has 0 aliphatic carbocycles. The van der Waals surface area contributed by atoms with Crippen molar-refractivity contribution in [2.75, 3.05) is 39.0 Å². The Bertz CT molecular complexity index is 393. The maximum absolute atomic E-state index is 12.5. The Morgan fingerprint density at radius 3 is 2.60 bits per heavy atom. The lowest BCUT2D eigenvalue weighted by atomic mass is 9.96. The molecule has 2 atom stereocenters. The molecule has 2 aliphatic heterocycles. The normalized spacial score (nSPS) is 30.5. The molecule has 20 heavy (non-hydrogen) atoms. The number of ether oxygens (including phenoxy) is 1. The minimum Gasteiger partial charge on any atom is -0.380 e. The van der Waals surface area contributed by atoms with Crippen molar-refractivity contribution in [1.29, 1.82) is 0 Å². The standard InChI is InChI=1S/C14H28N2O3S/c1-12-5-9-16(11-14(12)19-2)20(17,18)10-6-13-3-7-15-8-4-13/h12-15H,3-11H2,1-2H3. The minimum absolute atomic E-state index is 0.0393. The molecule has 1 N–H and O–H groups in total. The van der Waals surface area contributed by atoms with Gasteiger partial charge in [0.25, 0.3) is 0 Å². The highest BCUT2D eigenvalue weighted by molar-refractivity contribution is 7.89. The first-order chi connectivity index (χ1) is 9.53. The zero-order valence-corrected chi connectivity index (χ0v) is 13.5. The lowest BCUT2D eigenvalue weighted by molar-refractivity contribution is 0.0183. The van der Waals surface area contributed by atoms with Gasteiger partial charge in [-0.25, -0.2) is 8.42 Å². The second kappa shape index (κ2) is 7.20. The van der Waals surface area contributed by atoms with Gasteiger partial charge in [0.1, 0.15) is 0 Å². The molecule has 6 heteroatoms. The Balaban J connectivity index is 1.86. The maximum Gasteiger partial charge on any atom is 0.214 e. The molecule has 0 spiro atoms. The van der Waals surface area contributed by atoms with Crippen molar-refractivity contribution in [2.45, 2.75) is 38.7 Å². The van der Waals surface area contributed by atoms with Crippen LogP contribution in [-0.4, -0.2) is 57.9 Å². The highest BCUT2D eigenvalue weighted by atomic mass is 32.2. The maximum atomic E-state index is 12.5. The van der Waals surface area contributed by atoms with Crippen LogP contribution < -0.4 is 5.32 Å². The van der Waals surface area contributed by atoms with Crippen LogP contribution in [0.1, 0.15) is 32.6 Å². The minimum atomic E-state index is -3.12. The SMILES string of the molecule is COC1CN(S(=O)(=O)CCC2CCNCC2)CCC1C. The Morgan fingerprint density at radius 2 is 1.95 bits per heavy atom. The van der Waals surface area contributed by atoms with Gasteiger partial charge >= 0.3 is 0 Å². The molecule has 0 amide bonds. The van der Waals surface area contributed by atoms with E-state index in [0.717, 1.165) is 38.8 Å². The van der Waals surface area contributed by atoms with Crippen LogP contribution in [0.2, 0.25) is 0 Å². The molecule has 2 rings (SSSR count). The number of hydrogen-bond acceptors (Lipinski definition) is 4. The van der Waals surface area contributed by atoms with E-state index in [9.17, 15) is 8.42 Å². The zero-order chi connectivity index (χ0) is 14.6. The number of methoxy groups -OCH3 is 1. The molecule has 0 saturated carbocycles. The Hall–Kier alpha value is -0.170. The van der Waals surface area contributed by atoms with Crippen LogP contribution in [-0.2, 0) is 14.8 Å². The summed E-state index contributed by atoms with van der Waals surface area (Å²) in [6, 6.07) is 0. The molecule has 0 aromatic rings. The van der Waals surface area contributed by atoms with Crippen molar-refractivity contribution in [3.8, 4) is 0 Å². The van der Waals surface area contributed by atoms with Crippen molar-refractivity contribution in [1.82, 2.24) is 9.62 Å². The average Bonchev–Trinajstić information content (AvgIpc) is 2.46. The molecule has 2 heterocycles. The first-order valence-electron chi connectivity index (χ1n) is 7.74. The van der Waals surface area contributed by atoms with Gasteiger partial charge < -0.3 is 10.1 Å². The highest BCUT2D eigenvalue weighted by Gasteiger charge is 2.33. The van der Waals surface area contributed by atoms with Crippen LogP contribution in [0, 0.1) is 11.8 Å². The van der Waals surface area contributed by atoms with Gasteiger partial charge in [0.05, 0.1) is 11.9 Å². The molecule has 2 saturated heterocycles. The third-order valence-corrected chi connectivity index (χ3v) is 6.66. The summed E-state index contributed by atoms with van der Waals surface area (Å²) in [5.41, 5.74) is 0. The summed E-state index contributed by atoms with van der Waals surface area (Å²) in [5, 5.41) is 3.32. The van der Waals surface area contributed by atoms with Crippen LogP contribution in [0.15, 0.2) is 0 Å². The fraction of sp³-hybridized carbons (Fsp3) is 1.00. The van der Waals surface area contributed by atoms with E-state index in [4.69, 9.17) is 4.74 Å². The Labute approximate surface area is 123 Å². The average molecular weight is 304 g/mol. The lowest BCUT2D eigenvalue weighted by Gasteiger charge is -2.35. The van der Waals surface area contributed by atoms with Gasteiger partial charge in [-0.1, -0.05) is 6.92 Å². The van der Waals surface area contributed by atoms with E-state index in [-0.39, 0.29) is 6.10 Å². The molecule has 118 valence electrons. The van der Waals surface area contributed by atoms with Gasteiger partial charge in [-0.05, 0) is 50.6 Å². The van der Waals surface area contributed by atoms with E-state index < -0.39 is 10.0 Å². The summed E-state index contributed by atoms with van der Waals surface area (Å²) in [5.74, 6) is 1.30. The second-order valence-corrected chi connectivity index (χ2v) is 8.28. The Kier molecular flexibility index (Phi) is 5.84. The van der Waals surface area contributed by atoms with Crippen molar-refractivity contribution in [3.05, 3.63) is 0 Å². The van der Waals surface area contributed by atoms with Gasteiger partial charge in [-0.2, -0.15) is 4.31 Å². The van der Waals surface area contributed by atoms with Crippen LogP contribution in [0.3, 0.4) is 0 Å². The summed E-state index contributed by atoms with van der Waals surface area (Å²) < 4.78 is 32.0. The monoisotopic (exact) mass is 304 g/mol. The van der Waals surface area contributed by atoms with Crippen LogP contribution in [0.4, 0.5) is 0 Å². The third-order valence-electron chi connectivity index (χ3n) is 4.79. The predicted molar refractivity (Wildman–Crippen MR) is 80.1 cm³/mol. The second-order valence-electron chi connectivity index (χ2n) is 6.20. The first kappa shape index (κ1) is 16.2.